The van der Waals surface area contributed by atoms with Crippen LogP contribution in [0.4, 0.5) is 0 Å². The molecule has 37 heavy (non-hydrogen) atoms. The van der Waals surface area contributed by atoms with Crippen molar-refractivity contribution in [1.82, 2.24) is 10.1 Å². The first-order chi connectivity index (χ1) is 17.8. The molecule has 1 aliphatic heterocycles. The van der Waals surface area contributed by atoms with Gasteiger partial charge in [0.1, 0.15) is 22.1 Å². The van der Waals surface area contributed by atoms with Crippen LogP contribution in [0.1, 0.15) is 29.6 Å². The Labute approximate surface area is 215 Å². The van der Waals surface area contributed by atoms with Crippen LogP contribution in [0.2, 0.25) is 5.02 Å². The summed E-state index contributed by atoms with van der Waals surface area (Å²) in [6.07, 6.45) is 2.95. The predicted molar refractivity (Wildman–Crippen MR) is 130 cm³/mol. The molecule has 0 saturated heterocycles. The summed E-state index contributed by atoms with van der Waals surface area (Å²) >= 11 is 6.43. The second-order valence-electron chi connectivity index (χ2n) is 8.53. The fourth-order valence-electron chi connectivity index (χ4n) is 4.49. The summed E-state index contributed by atoms with van der Waals surface area (Å²) in [5.74, 6) is -0.621. The molecular formula is C25H22ClN3O8. The van der Waals surface area contributed by atoms with Gasteiger partial charge in [0.25, 0.3) is 0 Å². The zero-order valence-corrected chi connectivity index (χ0v) is 20.9. The molecular weight excluding hydrogens is 506 g/mol. The summed E-state index contributed by atoms with van der Waals surface area (Å²) in [6.45, 7) is 1.83. The molecule has 12 heteroatoms. The molecule has 192 valence electrons. The number of furan rings is 1. The molecule has 3 aromatic rings. The van der Waals surface area contributed by atoms with E-state index in [1.165, 1.54) is 32.8 Å². The first-order valence-electron chi connectivity index (χ1n) is 11.3. The van der Waals surface area contributed by atoms with E-state index in [9.17, 15) is 14.7 Å². The fraction of sp³-hybridized carbons (Fsp3) is 0.320. The average Bonchev–Trinajstić information content (AvgIpc) is 3.63. The zero-order chi connectivity index (χ0) is 26.3. The second-order valence-corrected chi connectivity index (χ2v) is 8.91. The van der Waals surface area contributed by atoms with Crippen molar-refractivity contribution in [1.29, 1.82) is 0 Å². The van der Waals surface area contributed by atoms with Crippen molar-refractivity contribution in [3.8, 4) is 28.8 Å². The highest BCUT2D eigenvalue weighted by atomic mass is 35.5. The van der Waals surface area contributed by atoms with Crippen molar-refractivity contribution in [3.05, 3.63) is 52.3 Å². The van der Waals surface area contributed by atoms with E-state index in [0.717, 1.165) is 0 Å². The van der Waals surface area contributed by atoms with Gasteiger partial charge in [0, 0.05) is 37.6 Å². The number of aliphatic imine (C=N–C) groups is 1. The first-order valence-corrected chi connectivity index (χ1v) is 11.7. The lowest BCUT2D eigenvalue weighted by Gasteiger charge is -2.36. The number of aliphatic hydroxyl groups is 1. The van der Waals surface area contributed by atoms with Crippen LogP contribution in [0.25, 0.3) is 11.6 Å². The van der Waals surface area contributed by atoms with Crippen molar-refractivity contribution in [2.45, 2.75) is 25.4 Å². The number of fused-ring (bicyclic) bond motifs is 1. The molecule has 0 bridgehead atoms. The smallest absolute Gasteiger partial charge is 0.238 e. The average molecular weight is 528 g/mol. The lowest BCUT2D eigenvalue weighted by Crippen LogP contribution is -2.52. The van der Waals surface area contributed by atoms with E-state index >= 15 is 0 Å². The number of carbonyl (C=O) groups is 2. The Bertz CT molecular complexity index is 1440. The van der Waals surface area contributed by atoms with Crippen molar-refractivity contribution >= 4 is 29.4 Å². The maximum Gasteiger partial charge on any atom is 0.238 e. The van der Waals surface area contributed by atoms with Crippen molar-refractivity contribution in [3.63, 3.8) is 0 Å². The number of carbonyl (C=O) groups excluding carboxylic acids is 2. The third-order valence-electron chi connectivity index (χ3n) is 6.40. The number of halogens is 1. The zero-order valence-electron chi connectivity index (χ0n) is 20.1. The highest BCUT2D eigenvalue weighted by molar-refractivity contribution is 6.35. The number of hydrogen-bond donors (Lipinski definition) is 1. The van der Waals surface area contributed by atoms with Crippen LogP contribution >= 0.6 is 11.6 Å². The van der Waals surface area contributed by atoms with Gasteiger partial charge in [-0.25, -0.2) is 0 Å². The summed E-state index contributed by atoms with van der Waals surface area (Å²) in [7, 11) is 2.81. The molecule has 1 aromatic carbocycles. The number of methoxy groups -OCH3 is 2. The van der Waals surface area contributed by atoms with Gasteiger partial charge in [-0.05, 0) is 12.1 Å². The van der Waals surface area contributed by atoms with Crippen molar-refractivity contribution in [2.24, 2.45) is 10.9 Å². The molecule has 3 heterocycles. The molecule has 2 aromatic heterocycles. The van der Waals surface area contributed by atoms with E-state index in [0.29, 0.717) is 17.5 Å². The minimum absolute atomic E-state index is 0.0238. The molecule has 0 saturated carbocycles. The molecule has 2 unspecified atom stereocenters. The molecule has 0 fully saturated rings. The summed E-state index contributed by atoms with van der Waals surface area (Å²) in [6, 6.07) is 4.89. The molecule has 0 radical (unpaired) electrons. The first kappa shape index (κ1) is 24.6. The molecule has 5 rings (SSSR count). The molecule has 11 nitrogen and oxygen atoms in total. The maximum atomic E-state index is 13.7. The Morgan fingerprint density at radius 2 is 2.08 bits per heavy atom. The number of allylic oxidation sites excluding steroid dienone is 1. The summed E-state index contributed by atoms with van der Waals surface area (Å²) < 4.78 is 27.1. The Hall–Kier alpha value is -4.12. The van der Waals surface area contributed by atoms with E-state index in [4.69, 9.17) is 34.8 Å². The normalized spacial score (nSPS) is 21.1. The standard InChI is InChI=1S/C25H22ClN3O8/c1-12-9-14(30)13(11-27-7-6-18-28-24(29-37-18)15-5-4-8-35-15)22(31)25(12)23(32)19-16(33-2)10-17(34-3)20(26)21(19)36-25/h4-5,8,10-12,31H,6-7,9H2,1-3H3. The van der Waals surface area contributed by atoms with Crippen LogP contribution in [0, 0.1) is 5.92 Å². The molecule has 1 N–H and O–H groups in total. The van der Waals surface area contributed by atoms with Crippen LogP contribution in [-0.4, -0.2) is 59.4 Å². The van der Waals surface area contributed by atoms with Crippen molar-refractivity contribution < 1.29 is 37.8 Å². The molecule has 1 spiro atoms. The number of benzene rings is 1. The number of rotatable bonds is 7. The van der Waals surface area contributed by atoms with Gasteiger partial charge >= 0.3 is 0 Å². The van der Waals surface area contributed by atoms with Gasteiger partial charge in [-0.3, -0.25) is 14.6 Å². The maximum absolute atomic E-state index is 13.7. The summed E-state index contributed by atoms with van der Waals surface area (Å²) in [5.41, 5.74) is -1.91. The van der Waals surface area contributed by atoms with Crippen LogP contribution in [0.15, 0.2) is 49.7 Å². The number of nitrogens with zero attached hydrogens (tertiary/aromatic N) is 3. The van der Waals surface area contributed by atoms with Crippen LogP contribution in [0.3, 0.4) is 0 Å². The fourth-order valence-corrected chi connectivity index (χ4v) is 4.76. The number of aromatic nitrogens is 2. The van der Waals surface area contributed by atoms with Gasteiger partial charge in [-0.15, -0.1) is 0 Å². The second kappa shape index (κ2) is 9.40. The Kier molecular flexibility index (Phi) is 6.24. The number of ketones is 2. The van der Waals surface area contributed by atoms with Gasteiger partial charge in [-0.1, -0.05) is 23.7 Å². The quantitative estimate of drug-likeness (QED) is 0.446. The van der Waals surface area contributed by atoms with Gasteiger partial charge in [0.15, 0.2) is 23.1 Å². The highest BCUT2D eigenvalue weighted by Crippen LogP contribution is 2.54. The topological polar surface area (TPSA) is 146 Å². The molecule has 1 aliphatic carbocycles. The molecule has 2 atom stereocenters. The van der Waals surface area contributed by atoms with Crippen LogP contribution in [0.5, 0.6) is 17.2 Å². The number of ether oxygens (including phenoxy) is 3. The predicted octanol–water partition coefficient (Wildman–Crippen LogP) is 4.05. The van der Waals surface area contributed by atoms with Gasteiger partial charge in [0.2, 0.25) is 23.1 Å². The lowest BCUT2D eigenvalue weighted by molar-refractivity contribution is -0.118. The number of aliphatic hydroxyl groups excluding tert-OH is 1. The minimum atomic E-state index is -1.86. The Morgan fingerprint density at radius 3 is 2.78 bits per heavy atom. The molecule has 0 amide bonds. The summed E-state index contributed by atoms with van der Waals surface area (Å²) in [5, 5.41) is 15.2. The number of Topliss-reactive ketones (excluding diaryl/α,β-unsaturated/α-hetero) is 2. The monoisotopic (exact) mass is 527 g/mol. The largest absolute Gasteiger partial charge is 0.507 e. The number of hydrogen-bond acceptors (Lipinski definition) is 11. The summed E-state index contributed by atoms with van der Waals surface area (Å²) in [4.78, 5) is 35.0. The van der Waals surface area contributed by atoms with Gasteiger partial charge < -0.3 is 28.3 Å². The van der Waals surface area contributed by atoms with E-state index in [1.807, 2.05) is 0 Å². The Morgan fingerprint density at radius 1 is 1.30 bits per heavy atom. The van der Waals surface area contributed by atoms with Gasteiger partial charge in [0.05, 0.1) is 26.1 Å². The highest BCUT2D eigenvalue weighted by Gasteiger charge is 2.60. The van der Waals surface area contributed by atoms with E-state index < -0.39 is 23.1 Å². The van der Waals surface area contributed by atoms with E-state index in [-0.39, 0.29) is 58.6 Å². The third kappa shape index (κ3) is 3.86. The van der Waals surface area contributed by atoms with Crippen molar-refractivity contribution in [2.75, 3.05) is 20.8 Å². The Balaban J connectivity index is 1.42. The van der Waals surface area contributed by atoms with Crippen LogP contribution in [-0.2, 0) is 11.2 Å². The van der Waals surface area contributed by atoms with E-state index in [2.05, 4.69) is 15.1 Å². The van der Waals surface area contributed by atoms with E-state index in [1.54, 1.807) is 19.1 Å². The SMILES string of the molecule is COc1cc(OC)c2c(c1Cl)OC1(C2=O)C(O)=C(C=NCCc2nc(-c3ccco3)no2)C(=O)CC1C. The third-order valence-corrected chi connectivity index (χ3v) is 6.75. The van der Waals surface area contributed by atoms with Gasteiger partial charge in [-0.2, -0.15) is 4.98 Å². The lowest BCUT2D eigenvalue weighted by atomic mass is 9.73. The minimum Gasteiger partial charge on any atom is -0.507 e. The molecule has 2 aliphatic rings. The van der Waals surface area contributed by atoms with Crippen LogP contribution < -0.4 is 14.2 Å².